The summed E-state index contributed by atoms with van der Waals surface area (Å²) in [6, 6.07) is 58.0. The third-order valence-corrected chi connectivity index (χ3v) is 9.59. The van der Waals surface area contributed by atoms with E-state index in [0.717, 1.165) is 6.42 Å². The van der Waals surface area contributed by atoms with E-state index in [1.165, 1.54) is 78.0 Å². The number of fused-ring (bicyclic) bond motifs is 5. The van der Waals surface area contributed by atoms with E-state index < -0.39 is 0 Å². The smallest absolute Gasteiger partial charge is 0.252 e. The van der Waals surface area contributed by atoms with Gasteiger partial charge in [0.2, 0.25) is 0 Å². The van der Waals surface area contributed by atoms with E-state index in [9.17, 15) is 0 Å². The molecule has 45 heavy (non-hydrogen) atoms. The highest BCUT2D eigenvalue weighted by molar-refractivity contribution is 7.00. The summed E-state index contributed by atoms with van der Waals surface area (Å²) >= 11 is 0. The summed E-state index contributed by atoms with van der Waals surface area (Å²) in [4.78, 5) is 4.97. The lowest BCUT2D eigenvalue weighted by molar-refractivity contribution is 1.13. The number of anilines is 6. The van der Waals surface area contributed by atoms with Gasteiger partial charge in [0, 0.05) is 34.1 Å². The second-order valence-corrected chi connectivity index (χ2v) is 12.0. The molecular weight excluding hydrogens is 543 g/mol. The Morgan fingerprint density at radius 3 is 1.71 bits per heavy atom. The Morgan fingerprint density at radius 2 is 1.04 bits per heavy atom. The first-order valence-corrected chi connectivity index (χ1v) is 15.9. The summed E-state index contributed by atoms with van der Waals surface area (Å²) in [6.45, 7) is 2.41. The van der Waals surface area contributed by atoms with Gasteiger partial charge in [0.1, 0.15) is 0 Å². The maximum atomic E-state index is 2.49. The zero-order valence-corrected chi connectivity index (χ0v) is 25.2. The molecule has 2 nitrogen and oxygen atoms in total. The summed E-state index contributed by atoms with van der Waals surface area (Å²) < 4.78 is 0. The standard InChI is InChI=1S/C42H31BN2/c1-2-29-27-40-42-41(28-29)45(33-25-23-31(24-26-33)35-18-12-14-30-13-6-7-17-34(30)35)39-22-11-9-20-37(39)43(42)36-19-8-10-21-38(36)44(40)32-15-4-3-5-16-32/h3-28H,2H2,1H3. The van der Waals surface area contributed by atoms with E-state index in [1.54, 1.807) is 0 Å². The second kappa shape index (κ2) is 10.3. The molecule has 2 aliphatic rings. The van der Waals surface area contributed by atoms with Gasteiger partial charge in [0.15, 0.2) is 0 Å². The van der Waals surface area contributed by atoms with Gasteiger partial charge in [-0.1, -0.05) is 116 Å². The predicted molar refractivity (Wildman–Crippen MR) is 193 cm³/mol. The van der Waals surface area contributed by atoms with Gasteiger partial charge in [0.05, 0.1) is 0 Å². The Balaban J connectivity index is 1.28. The van der Waals surface area contributed by atoms with Crippen LogP contribution >= 0.6 is 0 Å². The van der Waals surface area contributed by atoms with Crippen molar-refractivity contribution >= 4 is 68.0 Å². The predicted octanol–water partition coefficient (Wildman–Crippen LogP) is 9.15. The van der Waals surface area contributed by atoms with E-state index in [1.807, 2.05) is 0 Å². The van der Waals surface area contributed by atoms with Gasteiger partial charge in [-0.3, -0.25) is 0 Å². The van der Waals surface area contributed by atoms with Crippen molar-refractivity contribution < 1.29 is 0 Å². The summed E-state index contributed by atoms with van der Waals surface area (Å²) in [7, 11) is 0. The molecule has 3 heteroatoms. The first-order chi connectivity index (χ1) is 22.3. The largest absolute Gasteiger partial charge is 0.311 e. The average molecular weight is 575 g/mol. The molecule has 0 amide bonds. The van der Waals surface area contributed by atoms with Crippen LogP contribution in [0.3, 0.4) is 0 Å². The van der Waals surface area contributed by atoms with E-state index in [2.05, 4.69) is 174 Å². The van der Waals surface area contributed by atoms with Crippen molar-refractivity contribution in [3.05, 3.63) is 163 Å². The van der Waals surface area contributed by atoms with Gasteiger partial charge in [-0.15, -0.1) is 0 Å². The van der Waals surface area contributed by atoms with Crippen molar-refractivity contribution in [2.45, 2.75) is 13.3 Å². The van der Waals surface area contributed by atoms with Crippen molar-refractivity contribution in [3.63, 3.8) is 0 Å². The van der Waals surface area contributed by atoms with Gasteiger partial charge < -0.3 is 9.80 Å². The van der Waals surface area contributed by atoms with Crippen LogP contribution in [0.15, 0.2) is 158 Å². The molecule has 0 aromatic heterocycles. The quantitative estimate of drug-likeness (QED) is 0.194. The van der Waals surface area contributed by atoms with Crippen LogP contribution in [-0.4, -0.2) is 6.71 Å². The lowest BCUT2D eigenvalue weighted by Gasteiger charge is -2.44. The third-order valence-electron chi connectivity index (χ3n) is 9.59. The zero-order chi connectivity index (χ0) is 29.9. The van der Waals surface area contributed by atoms with E-state index >= 15 is 0 Å². The molecule has 7 aromatic carbocycles. The molecule has 7 aromatic rings. The van der Waals surface area contributed by atoms with Crippen LogP contribution in [0.2, 0.25) is 0 Å². The van der Waals surface area contributed by atoms with Crippen LogP contribution in [0.4, 0.5) is 34.1 Å². The molecule has 0 bridgehead atoms. The molecule has 0 aliphatic carbocycles. The van der Waals surface area contributed by atoms with Gasteiger partial charge in [-0.2, -0.15) is 0 Å². The first-order valence-electron chi connectivity index (χ1n) is 15.9. The molecule has 0 saturated carbocycles. The summed E-state index contributed by atoms with van der Waals surface area (Å²) in [5, 5.41) is 2.55. The Labute approximate surface area is 264 Å². The minimum Gasteiger partial charge on any atom is -0.311 e. The number of para-hydroxylation sites is 3. The first kappa shape index (κ1) is 25.9. The van der Waals surface area contributed by atoms with Gasteiger partial charge in [-0.05, 0) is 98.8 Å². The summed E-state index contributed by atoms with van der Waals surface area (Å²) in [5.74, 6) is 0. The minimum atomic E-state index is 0.152. The fourth-order valence-electron chi connectivity index (χ4n) is 7.56. The van der Waals surface area contributed by atoms with Crippen LogP contribution in [0.5, 0.6) is 0 Å². The molecule has 2 aliphatic heterocycles. The van der Waals surface area contributed by atoms with E-state index in [0.29, 0.717) is 0 Å². The number of rotatable bonds is 4. The monoisotopic (exact) mass is 574 g/mol. The fourth-order valence-corrected chi connectivity index (χ4v) is 7.56. The summed E-state index contributed by atoms with van der Waals surface area (Å²) in [6.07, 6.45) is 0.963. The van der Waals surface area contributed by atoms with Crippen LogP contribution in [0.25, 0.3) is 21.9 Å². The topological polar surface area (TPSA) is 6.48 Å². The van der Waals surface area contributed by atoms with E-state index in [-0.39, 0.29) is 6.71 Å². The molecule has 0 N–H and O–H groups in total. The maximum absolute atomic E-state index is 2.49. The molecule has 0 atom stereocenters. The second-order valence-electron chi connectivity index (χ2n) is 12.0. The van der Waals surface area contributed by atoms with Crippen LogP contribution in [-0.2, 0) is 6.42 Å². The lowest BCUT2D eigenvalue weighted by Crippen LogP contribution is -2.61. The maximum Gasteiger partial charge on any atom is 0.252 e. The number of nitrogens with zero attached hydrogens (tertiary/aromatic N) is 2. The normalized spacial score (nSPS) is 13.0. The van der Waals surface area contributed by atoms with Crippen molar-refractivity contribution in [1.82, 2.24) is 0 Å². The third kappa shape index (κ3) is 3.97. The Bertz CT molecular complexity index is 2220. The molecule has 0 saturated heterocycles. The van der Waals surface area contributed by atoms with Crippen LogP contribution < -0.4 is 26.2 Å². The molecule has 0 spiro atoms. The number of benzene rings is 7. The van der Waals surface area contributed by atoms with Gasteiger partial charge in [0.25, 0.3) is 6.71 Å². The Morgan fingerprint density at radius 1 is 0.489 bits per heavy atom. The summed E-state index contributed by atoms with van der Waals surface area (Å²) in [5.41, 5.74) is 15.3. The fraction of sp³-hybridized carbons (Fsp3) is 0.0476. The van der Waals surface area contributed by atoms with Crippen molar-refractivity contribution in [2.24, 2.45) is 0 Å². The number of aryl methyl sites for hydroxylation is 1. The SMILES string of the molecule is CCc1cc2c3c(c1)N(c1ccc(-c4cccc5ccccc45)cc1)c1ccccc1B3c1ccccc1N2c1ccccc1. The van der Waals surface area contributed by atoms with Crippen LogP contribution in [0, 0.1) is 0 Å². The molecular formula is C42H31BN2. The van der Waals surface area contributed by atoms with Crippen molar-refractivity contribution in [2.75, 3.05) is 9.80 Å². The number of hydrogen-bond donors (Lipinski definition) is 0. The molecule has 2 heterocycles. The molecule has 0 fully saturated rings. The van der Waals surface area contributed by atoms with E-state index in [4.69, 9.17) is 0 Å². The van der Waals surface area contributed by atoms with Gasteiger partial charge in [-0.25, -0.2) is 0 Å². The Kier molecular flexibility index (Phi) is 5.92. The molecule has 0 unspecified atom stereocenters. The molecule has 212 valence electrons. The Hall–Kier alpha value is -5.54. The molecule has 9 rings (SSSR count). The van der Waals surface area contributed by atoms with Crippen LogP contribution in [0.1, 0.15) is 12.5 Å². The average Bonchev–Trinajstić information content (AvgIpc) is 3.11. The lowest BCUT2D eigenvalue weighted by atomic mass is 9.33. The minimum absolute atomic E-state index is 0.152. The molecule has 0 radical (unpaired) electrons. The highest BCUT2D eigenvalue weighted by Gasteiger charge is 2.43. The van der Waals surface area contributed by atoms with Crippen molar-refractivity contribution in [1.29, 1.82) is 0 Å². The van der Waals surface area contributed by atoms with Gasteiger partial charge >= 0.3 is 0 Å². The highest BCUT2D eigenvalue weighted by atomic mass is 15.2. The zero-order valence-electron chi connectivity index (χ0n) is 25.2. The number of hydrogen-bond acceptors (Lipinski definition) is 2. The van der Waals surface area contributed by atoms with Crippen molar-refractivity contribution in [3.8, 4) is 11.1 Å². The highest BCUT2D eigenvalue weighted by Crippen LogP contribution is 2.44.